The Morgan fingerprint density at radius 1 is 1.53 bits per heavy atom. The molecule has 1 aliphatic heterocycles. The molecule has 0 aromatic carbocycles. The Labute approximate surface area is 114 Å². The van der Waals surface area contributed by atoms with E-state index >= 15 is 0 Å². The zero-order valence-electron chi connectivity index (χ0n) is 11.9. The number of aromatic nitrogens is 2. The normalized spacial score (nSPS) is 20.6. The third-order valence-electron chi connectivity index (χ3n) is 3.44. The molecule has 1 aliphatic rings. The van der Waals surface area contributed by atoms with Crippen LogP contribution in [0.15, 0.2) is 12.3 Å². The lowest BCUT2D eigenvalue weighted by atomic mass is 10.1. The highest BCUT2D eigenvalue weighted by molar-refractivity contribution is 5.82. The number of hydrogen-bond donors (Lipinski definition) is 1. The van der Waals surface area contributed by atoms with E-state index < -0.39 is 0 Å². The number of amides is 1. The molecule has 5 nitrogen and oxygen atoms in total. The van der Waals surface area contributed by atoms with Crippen LogP contribution in [-0.4, -0.2) is 39.9 Å². The number of hydrogen-bond acceptors (Lipinski definition) is 4. The molecule has 1 N–H and O–H groups in total. The summed E-state index contributed by atoms with van der Waals surface area (Å²) < 4.78 is 0. The molecule has 0 radical (unpaired) electrons. The Hall–Kier alpha value is -1.49. The second kappa shape index (κ2) is 6.10. The van der Waals surface area contributed by atoms with E-state index in [2.05, 4.69) is 34.0 Å². The van der Waals surface area contributed by atoms with Gasteiger partial charge >= 0.3 is 0 Å². The molecule has 0 saturated carbocycles. The van der Waals surface area contributed by atoms with Gasteiger partial charge in [-0.3, -0.25) is 9.69 Å². The third kappa shape index (κ3) is 3.29. The predicted molar refractivity (Wildman–Crippen MR) is 73.6 cm³/mol. The lowest BCUT2D eigenvalue weighted by Crippen LogP contribution is -2.54. The van der Waals surface area contributed by atoms with Crippen molar-refractivity contribution in [3.63, 3.8) is 0 Å². The first-order valence-corrected chi connectivity index (χ1v) is 6.95. The van der Waals surface area contributed by atoms with Gasteiger partial charge in [-0.05, 0) is 12.5 Å². The smallest absolute Gasteiger partial charge is 0.237 e. The predicted octanol–water partition coefficient (Wildman–Crippen LogP) is 1.31. The Balaban J connectivity index is 2.11. The first kappa shape index (κ1) is 13.9. The lowest BCUT2D eigenvalue weighted by molar-refractivity contribution is -0.129. The van der Waals surface area contributed by atoms with Gasteiger partial charge in [-0.1, -0.05) is 20.8 Å². The lowest BCUT2D eigenvalue weighted by Gasteiger charge is -2.34. The van der Waals surface area contributed by atoms with Crippen LogP contribution in [0.4, 0.5) is 0 Å². The van der Waals surface area contributed by atoms with Crippen LogP contribution < -0.4 is 5.32 Å². The van der Waals surface area contributed by atoms with Crippen LogP contribution in [0.25, 0.3) is 0 Å². The molecule has 0 aliphatic carbocycles. The second-order valence-corrected chi connectivity index (χ2v) is 5.25. The molecular weight excluding hydrogens is 240 g/mol. The zero-order chi connectivity index (χ0) is 13.8. The molecule has 2 rings (SSSR count). The van der Waals surface area contributed by atoms with Crippen LogP contribution in [0.2, 0.25) is 0 Å². The molecule has 1 atom stereocenters. The van der Waals surface area contributed by atoms with E-state index in [4.69, 9.17) is 0 Å². The number of nitrogens with one attached hydrogen (secondary N) is 1. The van der Waals surface area contributed by atoms with Gasteiger partial charge < -0.3 is 5.32 Å². The van der Waals surface area contributed by atoms with Crippen molar-refractivity contribution in [2.45, 2.75) is 45.7 Å². The summed E-state index contributed by atoms with van der Waals surface area (Å²) in [6.45, 7) is 8.53. The average Bonchev–Trinajstić information content (AvgIpc) is 2.39. The van der Waals surface area contributed by atoms with Gasteiger partial charge in [0.15, 0.2) is 0 Å². The summed E-state index contributed by atoms with van der Waals surface area (Å²) in [5.74, 6) is 1.32. The minimum absolute atomic E-state index is 0.0359. The fourth-order valence-corrected chi connectivity index (χ4v) is 2.38. The minimum Gasteiger partial charge on any atom is -0.353 e. The topological polar surface area (TPSA) is 58.1 Å². The van der Waals surface area contributed by atoms with Crippen LogP contribution in [0, 0.1) is 0 Å². The highest BCUT2D eigenvalue weighted by Crippen LogP contribution is 2.14. The maximum Gasteiger partial charge on any atom is 0.237 e. The molecule has 1 aromatic heterocycles. The highest BCUT2D eigenvalue weighted by Gasteiger charge is 2.28. The number of piperazine rings is 1. The van der Waals surface area contributed by atoms with Gasteiger partial charge in [0.25, 0.3) is 0 Å². The maximum atomic E-state index is 11.8. The highest BCUT2D eigenvalue weighted by atomic mass is 16.2. The second-order valence-electron chi connectivity index (χ2n) is 5.25. The van der Waals surface area contributed by atoms with E-state index in [0.29, 0.717) is 12.5 Å². The Morgan fingerprint density at radius 3 is 3.00 bits per heavy atom. The molecule has 2 heterocycles. The molecule has 104 valence electrons. The summed E-state index contributed by atoms with van der Waals surface area (Å²) in [6, 6.07) is 1.90. The minimum atomic E-state index is -0.0359. The summed E-state index contributed by atoms with van der Waals surface area (Å²) in [5.41, 5.74) is 0.992. The Bertz CT molecular complexity index is 447. The van der Waals surface area contributed by atoms with Crippen molar-refractivity contribution in [2.75, 3.05) is 13.1 Å². The molecule has 5 heteroatoms. The Morgan fingerprint density at radius 2 is 2.32 bits per heavy atom. The molecular formula is C14H22N4O. The molecule has 0 spiro atoms. The van der Waals surface area contributed by atoms with E-state index in [1.807, 2.05) is 19.2 Å². The number of rotatable bonds is 4. The summed E-state index contributed by atoms with van der Waals surface area (Å²) in [4.78, 5) is 22.9. The summed E-state index contributed by atoms with van der Waals surface area (Å²) in [5, 5.41) is 2.92. The third-order valence-corrected chi connectivity index (χ3v) is 3.44. The quantitative estimate of drug-likeness (QED) is 0.889. The summed E-state index contributed by atoms with van der Waals surface area (Å²) in [7, 11) is 0. The van der Waals surface area contributed by atoms with Crippen molar-refractivity contribution in [3.05, 3.63) is 23.8 Å². The van der Waals surface area contributed by atoms with Crippen LogP contribution in [0.3, 0.4) is 0 Å². The van der Waals surface area contributed by atoms with Gasteiger partial charge in [0, 0.05) is 31.7 Å². The number of carbonyl (C=O) groups excluding carboxylic acids is 1. The maximum absolute atomic E-state index is 11.8. The monoisotopic (exact) mass is 262 g/mol. The zero-order valence-corrected chi connectivity index (χ0v) is 11.9. The van der Waals surface area contributed by atoms with Crippen LogP contribution in [-0.2, 0) is 11.3 Å². The molecule has 0 bridgehead atoms. The van der Waals surface area contributed by atoms with Crippen molar-refractivity contribution in [1.29, 1.82) is 0 Å². The first-order chi connectivity index (χ1) is 9.11. The van der Waals surface area contributed by atoms with Gasteiger partial charge in [-0.2, -0.15) is 0 Å². The SMILES string of the molecule is CC[C@H]1C(=O)NCCN1Cc1ccnc(C(C)C)n1. The fraction of sp³-hybridized carbons (Fsp3) is 0.643. The molecule has 1 saturated heterocycles. The largest absolute Gasteiger partial charge is 0.353 e. The summed E-state index contributed by atoms with van der Waals surface area (Å²) in [6.07, 6.45) is 2.64. The molecule has 19 heavy (non-hydrogen) atoms. The van der Waals surface area contributed by atoms with Gasteiger partial charge in [-0.15, -0.1) is 0 Å². The summed E-state index contributed by atoms with van der Waals surface area (Å²) >= 11 is 0. The van der Waals surface area contributed by atoms with Crippen molar-refractivity contribution in [3.8, 4) is 0 Å². The fourth-order valence-electron chi connectivity index (χ4n) is 2.38. The van der Waals surface area contributed by atoms with Gasteiger partial charge in [0.1, 0.15) is 5.82 Å². The standard InChI is InChI=1S/C14H22N4O/c1-4-12-14(19)16-7-8-18(12)9-11-5-6-15-13(17-11)10(2)3/h5-6,10,12H,4,7-9H2,1-3H3,(H,16,19)/t12-/m0/s1. The average molecular weight is 262 g/mol. The van der Waals surface area contributed by atoms with Crippen molar-refractivity contribution in [1.82, 2.24) is 20.2 Å². The molecule has 1 fully saturated rings. The van der Waals surface area contributed by atoms with Crippen LogP contribution in [0.5, 0.6) is 0 Å². The van der Waals surface area contributed by atoms with E-state index in [1.54, 1.807) is 0 Å². The van der Waals surface area contributed by atoms with Crippen LogP contribution >= 0.6 is 0 Å². The number of carbonyl (C=O) groups is 1. The van der Waals surface area contributed by atoms with E-state index in [9.17, 15) is 4.79 Å². The first-order valence-electron chi connectivity index (χ1n) is 6.95. The Kier molecular flexibility index (Phi) is 4.47. The van der Waals surface area contributed by atoms with Gasteiger partial charge in [0.2, 0.25) is 5.91 Å². The number of nitrogens with zero attached hydrogens (tertiary/aromatic N) is 3. The van der Waals surface area contributed by atoms with E-state index in [-0.39, 0.29) is 11.9 Å². The van der Waals surface area contributed by atoms with Crippen molar-refractivity contribution >= 4 is 5.91 Å². The van der Waals surface area contributed by atoms with Gasteiger partial charge in [-0.25, -0.2) is 9.97 Å². The van der Waals surface area contributed by atoms with Crippen molar-refractivity contribution in [2.24, 2.45) is 0 Å². The van der Waals surface area contributed by atoms with Crippen LogP contribution in [0.1, 0.15) is 44.6 Å². The molecule has 0 unspecified atom stereocenters. The van der Waals surface area contributed by atoms with Crippen molar-refractivity contribution < 1.29 is 4.79 Å². The molecule has 1 aromatic rings. The van der Waals surface area contributed by atoms with Gasteiger partial charge in [0.05, 0.1) is 11.7 Å². The van der Waals surface area contributed by atoms with E-state index in [1.165, 1.54) is 0 Å². The van der Waals surface area contributed by atoms with E-state index in [0.717, 1.165) is 31.0 Å². The molecule has 1 amide bonds.